The van der Waals surface area contributed by atoms with E-state index in [1.54, 1.807) is 6.08 Å². The van der Waals surface area contributed by atoms with Crippen LogP contribution in [0.5, 0.6) is 0 Å². The SMILES string of the molecule is C=CCOC(=O)C(=C)CN1CCOCC1. The van der Waals surface area contributed by atoms with Crippen molar-refractivity contribution in [1.82, 2.24) is 4.90 Å². The summed E-state index contributed by atoms with van der Waals surface area (Å²) in [6, 6.07) is 0. The molecule has 1 rings (SSSR count). The molecule has 0 amide bonds. The van der Waals surface area contributed by atoms with Crippen molar-refractivity contribution in [3.05, 3.63) is 24.8 Å². The molecule has 15 heavy (non-hydrogen) atoms. The molecular formula is C11H17NO3. The van der Waals surface area contributed by atoms with Crippen LogP contribution in [0.15, 0.2) is 24.8 Å². The van der Waals surface area contributed by atoms with E-state index in [4.69, 9.17) is 9.47 Å². The molecular weight excluding hydrogens is 194 g/mol. The summed E-state index contributed by atoms with van der Waals surface area (Å²) in [5.41, 5.74) is 0.485. The molecule has 0 aromatic carbocycles. The molecule has 1 aliphatic rings. The maximum absolute atomic E-state index is 11.3. The molecule has 0 unspecified atom stereocenters. The van der Waals surface area contributed by atoms with Crippen LogP contribution in [0, 0.1) is 0 Å². The zero-order valence-corrected chi connectivity index (χ0v) is 8.91. The van der Waals surface area contributed by atoms with Crippen LogP contribution in [-0.2, 0) is 14.3 Å². The highest BCUT2D eigenvalue weighted by Gasteiger charge is 2.15. The van der Waals surface area contributed by atoms with Crippen molar-refractivity contribution in [2.24, 2.45) is 0 Å². The Bertz CT molecular complexity index is 244. The molecule has 0 radical (unpaired) electrons. The zero-order chi connectivity index (χ0) is 11.1. The van der Waals surface area contributed by atoms with Crippen LogP contribution < -0.4 is 0 Å². The third-order valence-corrected chi connectivity index (χ3v) is 2.14. The number of hydrogen-bond acceptors (Lipinski definition) is 4. The van der Waals surface area contributed by atoms with Crippen molar-refractivity contribution < 1.29 is 14.3 Å². The van der Waals surface area contributed by atoms with Gasteiger partial charge in [0.15, 0.2) is 0 Å². The van der Waals surface area contributed by atoms with Gasteiger partial charge in [-0.2, -0.15) is 0 Å². The van der Waals surface area contributed by atoms with Crippen LogP contribution in [0.4, 0.5) is 0 Å². The van der Waals surface area contributed by atoms with Crippen LogP contribution in [0.25, 0.3) is 0 Å². The quantitative estimate of drug-likeness (QED) is 0.379. The number of carbonyl (C=O) groups is 1. The lowest BCUT2D eigenvalue weighted by molar-refractivity contribution is -0.138. The van der Waals surface area contributed by atoms with Gasteiger partial charge in [-0.25, -0.2) is 4.79 Å². The Morgan fingerprint density at radius 1 is 1.47 bits per heavy atom. The third kappa shape index (κ3) is 4.27. The summed E-state index contributed by atoms with van der Waals surface area (Å²) in [5, 5.41) is 0. The van der Waals surface area contributed by atoms with E-state index >= 15 is 0 Å². The van der Waals surface area contributed by atoms with Gasteiger partial charge in [-0.3, -0.25) is 4.90 Å². The Kier molecular flexibility index (Phi) is 5.07. The topological polar surface area (TPSA) is 38.8 Å². The fraction of sp³-hybridized carbons (Fsp3) is 0.545. The number of hydrogen-bond donors (Lipinski definition) is 0. The number of ether oxygens (including phenoxy) is 2. The number of rotatable bonds is 5. The van der Waals surface area contributed by atoms with E-state index in [0.717, 1.165) is 26.3 Å². The molecule has 0 aromatic heterocycles. The molecule has 0 N–H and O–H groups in total. The van der Waals surface area contributed by atoms with E-state index in [1.807, 2.05) is 0 Å². The van der Waals surface area contributed by atoms with Gasteiger partial charge < -0.3 is 9.47 Å². The van der Waals surface area contributed by atoms with Crippen LogP contribution in [-0.4, -0.2) is 50.3 Å². The molecule has 0 spiro atoms. The van der Waals surface area contributed by atoms with Crippen LogP contribution in [0.3, 0.4) is 0 Å². The average molecular weight is 211 g/mol. The van der Waals surface area contributed by atoms with E-state index in [-0.39, 0.29) is 12.6 Å². The molecule has 0 aromatic rings. The predicted octanol–water partition coefficient (Wildman–Crippen LogP) is 0.604. The highest BCUT2D eigenvalue weighted by molar-refractivity contribution is 5.88. The zero-order valence-electron chi connectivity index (χ0n) is 8.91. The predicted molar refractivity (Wildman–Crippen MR) is 57.6 cm³/mol. The Morgan fingerprint density at radius 2 is 2.13 bits per heavy atom. The van der Waals surface area contributed by atoms with E-state index in [1.165, 1.54) is 0 Å². The van der Waals surface area contributed by atoms with E-state index in [2.05, 4.69) is 18.1 Å². The van der Waals surface area contributed by atoms with Gasteiger partial charge in [0.05, 0.1) is 13.2 Å². The normalized spacial score (nSPS) is 17.1. The second-order valence-corrected chi connectivity index (χ2v) is 3.38. The largest absolute Gasteiger partial charge is 0.458 e. The van der Waals surface area contributed by atoms with Gasteiger partial charge in [0, 0.05) is 25.2 Å². The lowest BCUT2D eigenvalue weighted by Gasteiger charge is -2.26. The maximum Gasteiger partial charge on any atom is 0.335 e. The molecule has 4 nitrogen and oxygen atoms in total. The minimum absolute atomic E-state index is 0.237. The Hall–Kier alpha value is -1.13. The molecule has 1 fully saturated rings. The minimum Gasteiger partial charge on any atom is -0.458 e. The van der Waals surface area contributed by atoms with Gasteiger partial charge in [-0.05, 0) is 0 Å². The standard InChI is InChI=1S/C11H17NO3/c1-3-6-15-11(13)10(2)9-12-4-7-14-8-5-12/h3H,1-2,4-9H2. The Morgan fingerprint density at radius 3 is 2.73 bits per heavy atom. The number of nitrogens with zero attached hydrogens (tertiary/aromatic N) is 1. The molecule has 1 heterocycles. The van der Waals surface area contributed by atoms with E-state index < -0.39 is 0 Å². The van der Waals surface area contributed by atoms with Gasteiger partial charge in [0.1, 0.15) is 6.61 Å². The number of carbonyl (C=O) groups excluding carboxylic acids is 1. The first-order chi connectivity index (χ1) is 7.24. The van der Waals surface area contributed by atoms with E-state index in [0.29, 0.717) is 12.1 Å². The molecule has 1 saturated heterocycles. The molecule has 0 aliphatic carbocycles. The summed E-state index contributed by atoms with van der Waals surface area (Å²) in [6.45, 7) is 11.1. The molecule has 1 aliphatic heterocycles. The monoisotopic (exact) mass is 211 g/mol. The summed E-state index contributed by atoms with van der Waals surface area (Å²) in [5.74, 6) is -0.346. The summed E-state index contributed by atoms with van der Waals surface area (Å²) < 4.78 is 10.1. The lowest BCUT2D eigenvalue weighted by Crippen LogP contribution is -2.38. The van der Waals surface area contributed by atoms with Crippen molar-refractivity contribution in [3.63, 3.8) is 0 Å². The van der Waals surface area contributed by atoms with Gasteiger partial charge in [0.25, 0.3) is 0 Å². The van der Waals surface area contributed by atoms with Gasteiger partial charge >= 0.3 is 5.97 Å². The van der Waals surface area contributed by atoms with Crippen LogP contribution in [0.2, 0.25) is 0 Å². The Labute approximate surface area is 90.2 Å². The van der Waals surface area contributed by atoms with E-state index in [9.17, 15) is 4.79 Å². The van der Waals surface area contributed by atoms with Gasteiger partial charge in [-0.15, -0.1) is 0 Å². The van der Waals surface area contributed by atoms with Crippen molar-refractivity contribution >= 4 is 5.97 Å². The maximum atomic E-state index is 11.3. The van der Waals surface area contributed by atoms with Crippen LogP contribution >= 0.6 is 0 Å². The fourth-order valence-electron chi connectivity index (χ4n) is 1.33. The third-order valence-electron chi connectivity index (χ3n) is 2.14. The average Bonchev–Trinajstić information content (AvgIpc) is 2.27. The van der Waals surface area contributed by atoms with Crippen molar-refractivity contribution in [3.8, 4) is 0 Å². The van der Waals surface area contributed by atoms with Gasteiger partial charge in [0.2, 0.25) is 0 Å². The molecule has 4 heteroatoms. The summed E-state index contributed by atoms with van der Waals surface area (Å²) >= 11 is 0. The van der Waals surface area contributed by atoms with Crippen molar-refractivity contribution in [1.29, 1.82) is 0 Å². The van der Waals surface area contributed by atoms with Crippen molar-refractivity contribution in [2.75, 3.05) is 39.5 Å². The summed E-state index contributed by atoms with van der Waals surface area (Å²) in [6.07, 6.45) is 1.54. The molecule has 0 saturated carbocycles. The van der Waals surface area contributed by atoms with Crippen LogP contribution in [0.1, 0.15) is 0 Å². The highest BCUT2D eigenvalue weighted by Crippen LogP contribution is 2.03. The first-order valence-electron chi connectivity index (χ1n) is 5.00. The summed E-state index contributed by atoms with van der Waals surface area (Å²) in [4.78, 5) is 13.5. The molecule has 0 bridgehead atoms. The first-order valence-corrected chi connectivity index (χ1v) is 5.00. The smallest absolute Gasteiger partial charge is 0.335 e. The number of esters is 1. The molecule has 84 valence electrons. The highest BCUT2D eigenvalue weighted by atomic mass is 16.5. The first kappa shape index (κ1) is 11.9. The van der Waals surface area contributed by atoms with Gasteiger partial charge in [-0.1, -0.05) is 19.2 Å². The second-order valence-electron chi connectivity index (χ2n) is 3.38. The lowest BCUT2D eigenvalue weighted by atomic mass is 10.2. The number of morpholine rings is 1. The summed E-state index contributed by atoms with van der Waals surface area (Å²) in [7, 11) is 0. The minimum atomic E-state index is -0.346. The molecule has 0 atom stereocenters. The fourth-order valence-corrected chi connectivity index (χ4v) is 1.33. The Balaban J connectivity index is 2.27. The van der Waals surface area contributed by atoms with Crippen molar-refractivity contribution in [2.45, 2.75) is 0 Å². The second kappa shape index (κ2) is 6.37.